The third kappa shape index (κ3) is 4.31. The third-order valence-corrected chi connectivity index (χ3v) is 6.56. The molecule has 0 unspecified atom stereocenters. The van der Waals surface area contributed by atoms with Gasteiger partial charge in [-0.05, 0) is 36.4 Å². The number of halogens is 2. The van der Waals surface area contributed by atoms with Crippen molar-refractivity contribution in [1.82, 2.24) is 19.1 Å². The summed E-state index contributed by atoms with van der Waals surface area (Å²) in [6, 6.07) is 6.80. The lowest BCUT2D eigenvalue weighted by Crippen LogP contribution is -2.40. The molecule has 3 aromatic rings. The van der Waals surface area contributed by atoms with E-state index in [0.717, 1.165) is 24.3 Å². The molecule has 0 atom stereocenters. The van der Waals surface area contributed by atoms with Crippen molar-refractivity contribution in [3.63, 3.8) is 0 Å². The average Bonchev–Trinajstić information content (AvgIpc) is 3.29. The summed E-state index contributed by atoms with van der Waals surface area (Å²) in [5, 5.41) is 6.21. The fourth-order valence-corrected chi connectivity index (χ4v) is 4.51. The van der Waals surface area contributed by atoms with E-state index in [1.54, 1.807) is 0 Å². The SMILES string of the molecule is O=C(Nc1ccc(-n2cncn2)c(F)c1)c1cc(S(=O)(=O)N2CCOCC2)ccc1F. The lowest BCUT2D eigenvalue weighted by atomic mass is 10.2. The molecule has 1 aromatic heterocycles. The number of carbonyl (C=O) groups excluding carboxylic acids is 1. The molecule has 0 aliphatic carbocycles. The Kier molecular flexibility index (Phi) is 5.76. The Hall–Kier alpha value is -3.22. The second-order valence-corrected chi connectivity index (χ2v) is 8.56. The molecule has 1 N–H and O–H groups in total. The molecule has 0 spiro atoms. The Bertz CT molecular complexity index is 1210. The molecule has 0 bridgehead atoms. The number of nitrogens with one attached hydrogen (secondary N) is 1. The quantitative estimate of drug-likeness (QED) is 0.637. The summed E-state index contributed by atoms with van der Waals surface area (Å²) in [5.41, 5.74) is -0.303. The molecule has 9 nitrogen and oxygen atoms in total. The van der Waals surface area contributed by atoms with Crippen LogP contribution in [0.4, 0.5) is 14.5 Å². The van der Waals surface area contributed by atoms with Gasteiger partial charge in [-0.1, -0.05) is 0 Å². The molecule has 12 heteroatoms. The highest BCUT2D eigenvalue weighted by Gasteiger charge is 2.28. The van der Waals surface area contributed by atoms with Crippen molar-refractivity contribution >= 4 is 21.6 Å². The van der Waals surface area contributed by atoms with Gasteiger partial charge in [0, 0.05) is 18.8 Å². The van der Waals surface area contributed by atoms with Gasteiger partial charge in [0.15, 0.2) is 5.82 Å². The summed E-state index contributed by atoms with van der Waals surface area (Å²) >= 11 is 0. The highest BCUT2D eigenvalue weighted by atomic mass is 32.2. The predicted molar refractivity (Wildman–Crippen MR) is 105 cm³/mol. The van der Waals surface area contributed by atoms with E-state index in [9.17, 15) is 22.0 Å². The summed E-state index contributed by atoms with van der Waals surface area (Å²) in [7, 11) is -3.91. The molecule has 1 amide bonds. The van der Waals surface area contributed by atoms with Crippen LogP contribution in [0, 0.1) is 11.6 Å². The summed E-state index contributed by atoms with van der Waals surface area (Å²) in [6.07, 6.45) is 2.56. The van der Waals surface area contributed by atoms with Crippen LogP contribution in [0.1, 0.15) is 10.4 Å². The summed E-state index contributed by atoms with van der Waals surface area (Å²) in [5.74, 6) is -2.50. The normalized spacial score (nSPS) is 15.0. The number of nitrogens with zero attached hydrogens (tertiary/aromatic N) is 4. The maximum atomic E-state index is 14.4. The molecule has 31 heavy (non-hydrogen) atoms. The predicted octanol–water partition coefficient (Wildman–Crippen LogP) is 1.82. The summed E-state index contributed by atoms with van der Waals surface area (Å²) < 4.78 is 61.8. The average molecular weight is 449 g/mol. The Labute approximate surface area is 176 Å². The van der Waals surface area contributed by atoms with Crippen molar-refractivity contribution in [2.24, 2.45) is 0 Å². The largest absolute Gasteiger partial charge is 0.379 e. The zero-order chi connectivity index (χ0) is 22.0. The minimum Gasteiger partial charge on any atom is -0.379 e. The first-order valence-electron chi connectivity index (χ1n) is 9.19. The van der Waals surface area contributed by atoms with Crippen LogP contribution in [0.5, 0.6) is 0 Å². The van der Waals surface area contributed by atoms with Crippen LogP contribution in [-0.2, 0) is 14.8 Å². The monoisotopic (exact) mass is 449 g/mol. The molecular formula is C19H17F2N5O4S. The maximum absolute atomic E-state index is 14.4. The van der Waals surface area contributed by atoms with Crippen molar-refractivity contribution in [2.45, 2.75) is 4.90 Å². The number of aromatic nitrogens is 3. The highest BCUT2D eigenvalue weighted by Crippen LogP contribution is 2.22. The van der Waals surface area contributed by atoms with E-state index < -0.39 is 33.1 Å². The molecule has 2 heterocycles. The van der Waals surface area contributed by atoms with Crippen LogP contribution >= 0.6 is 0 Å². The van der Waals surface area contributed by atoms with E-state index >= 15 is 0 Å². The van der Waals surface area contributed by atoms with Gasteiger partial charge in [0.25, 0.3) is 5.91 Å². The molecule has 1 aliphatic rings. The molecule has 162 valence electrons. The second-order valence-electron chi connectivity index (χ2n) is 6.62. The number of sulfonamides is 1. The fourth-order valence-electron chi connectivity index (χ4n) is 3.08. The van der Waals surface area contributed by atoms with Crippen molar-refractivity contribution in [3.05, 3.63) is 66.3 Å². The van der Waals surface area contributed by atoms with E-state index in [1.165, 1.54) is 33.8 Å². The number of hydrogen-bond acceptors (Lipinski definition) is 6. The van der Waals surface area contributed by atoms with E-state index in [1.807, 2.05) is 0 Å². The first kappa shape index (κ1) is 21.0. The number of rotatable bonds is 5. The molecule has 4 rings (SSSR count). The van der Waals surface area contributed by atoms with Crippen molar-refractivity contribution < 1.29 is 26.7 Å². The molecule has 1 fully saturated rings. The summed E-state index contributed by atoms with van der Waals surface area (Å²) in [6.45, 7) is 0.838. The van der Waals surface area contributed by atoms with Crippen molar-refractivity contribution in [3.8, 4) is 5.69 Å². The van der Waals surface area contributed by atoms with Gasteiger partial charge in [-0.15, -0.1) is 0 Å². The zero-order valence-electron chi connectivity index (χ0n) is 16.0. The number of ether oxygens (including phenoxy) is 1. The molecule has 1 aliphatic heterocycles. The molecular weight excluding hydrogens is 432 g/mol. The van der Waals surface area contributed by atoms with Gasteiger partial charge in [0.1, 0.15) is 24.2 Å². The molecule has 0 radical (unpaired) electrons. The molecule has 0 saturated carbocycles. The first-order valence-corrected chi connectivity index (χ1v) is 10.6. The second kappa shape index (κ2) is 8.49. The smallest absolute Gasteiger partial charge is 0.258 e. The van der Waals surface area contributed by atoms with Crippen LogP contribution in [0.25, 0.3) is 5.69 Å². The van der Waals surface area contributed by atoms with E-state index in [2.05, 4.69) is 15.4 Å². The summed E-state index contributed by atoms with van der Waals surface area (Å²) in [4.78, 5) is 16.1. The van der Waals surface area contributed by atoms with Crippen molar-refractivity contribution in [1.29, 1.82) is 0 Å². The Morgan fingerprint density at radius 1 is 1.06 bits per heavy atom. The lowest BCUT2D eigenvalue weighted by Gasteiger charge is -2.26. The standard InChI is InChI=1S/C19H17F2N5O4S/c20-16-3-2-14(31(28,29)25-5-7-30-8-6-25)10-15(16)19(27)24-13-1-4-18(17(21)9-13)26-12-22-11-23-26/h1-4,9-12H,5-8H2,(H,24,27). The van der Waals surface area contributed by atoms with E-state index in [-0.39, 0.29) is 42.6 Å². The van der Waals surface area contributed by atoms with Crippen LogP contribution in [-0.4, -0.2) is 59.7 Å². The Morgan fingerprint density at radius 2 is 1.84 bits per heavy atom. The zero-order valence-corrected chi connectivity index (χ0v) is 16.8. The minimum absolute atomic E-state index is 0.0622. The number of morpholine rings is 1. The van der Waals surface area contributed by atoms with Gasteiger partial charge >= 0.3 is 0 Å². The molecule has 1 saturated heterocycles. The van der Waals surface area contributed by atoms with Gasteiger partial charge in [0.2, 0.25) is 10.0 Å². The number of amides is 1. The topological polar surface area (TPSA) is 106 Å². The highest BCUT2D eigenvalue weighted by molar-refractivity contribution is 7.89. The molecule has 2 aromatic carbocycles. The Morgan fingerprint density at radius 3 is 2.52 bits per heavy atom. The van der Waals surface area contributed by atoms with E-state index in [0.29, 0.717) is 0 Å². The maximum Gasteiger partial charge on any atom is 0.258 e. The van der Waals surface area contributed by atoms with Crippen LogP contribution < -0.4 is 5.32 Å². The van der Waals surface area contributed by atoms with Crippen LogP contribution in [0.3, 0.4) is 0 Å². The third-order valence-electron chi connectivity index (χ3n) is 4.66. The number of benzene rings is 2. The number of anilines is 1. The van der Waals surface area contributed by atoms with Gasteiger partial charge < -0.3 is 10.1 Å². The fraction of sp³-hybridized carbons (Fsp3) is 0.211. The van der Waals surface area contributed by atoms with Crippen LogP contribution in [0.15, 0.2) is 53.9 Å². The van der Waals surface area contributed by atoms with Gasteiger partial charge in [0.05, 0.1) is 23.7 Å². The van der Waals surface area contributed by atoms with Gasteiger partial charge in [-0.3, -0.25) is 4.79 Å². The van der Waals surface area contributed by atoms with Gasteiger partial charge in [-0.25, -0.2) is 26.9 Å². The minimum atomic E-state index is -3.91. The van der Waals surface area contributed by atoms with Gasteiger partial charge in [-0.2, -0.15) is 9.40 Å². The van der Waals surface area contributed by atoms with E-state index in [4.69, 9.17) is 4.74 Å². The van der Waals surface area contributed by atoms with Crippen molar-refractivity contribution in [2.75, 3.05) is 31.6 Å². The van der Waals surface area contributed by atoms with Crippen LogP contribution in [0.2, 0.25) is 0 Å². The lowest BCUT2D eigenvalue weighted by molar-refractivity contribution is 0.0730. The number of hydrogen-bond donors (Lipinski definition) is 1. The first-order chi connectivity index (χ1) is 14.9. The number of carbonyl (C=O) groups is 1. The Balaban J connectivity index is 1.57.